The topological polar surface area (TPSA) is 44.8 Å². The van der Waals surface area contributed by atoms with E-state index in [0.29, 0.717) is 5.56 Å². The van der Waals surface area contributed by atoms with E-state index >= 15 is 0 Å². The lowest BCUT2D eigenvalue weighted by Gasteiger charge is -2.28. The maximum Gasteiger partial charge on any atom is 0.337 e. The summed E-state index contributed by atoms with van der Waals surface area (Å²) < 4.78 is 4.94. The highest BCUT2D eigenvalue weighted by Gasteiger charge is 2.29. The number of rotatable bonds is 12. The molecule has 1 aliphatic heterocycles. The van der Waals surface area contributed by atoms with Crippen LogP contribution in [0.25, 0.3) is 0 Å². The molecule has 1 aliphatic rings. The number of esters is 1. The average Bonchev–Trinajstić information content (AvgIpc) is 3.13. The number of carbonyl (C=O) groups is 1. The Labute approximate surface area is 187 Å². The van der Waals surface area contributed by atoms with Crippen LogP contribution in [0.4, 0.5) is 11.4 Å². The van der Waals surface area contributed by atoms with Gasteiger partial charge in [0.05, 0.1) is 30.2 Å². The van der Waals surface area contributed by atoms with E-state index in [1.807, 2.05) is 24.3 Å². The van der Waals surface area contributed by atoms with E-state index < -0.39 is 0 Å². The van der Waals surface area contributed by atoms with Gasteiger partial charge in [0.1, 0.15) is 0 Å². The van der Waals surface area contributed by atoms with E-state index in [4.69, 9.17) is 4.74 Å². The molecule has 0 spiro atoms. The minimum atomic E-state index is -0.294. The SMILES string of the molecule is CCCN(CCC)CCCCC1Nc2ccc(C(=O)OC)cc2N1Cc1ccccc1. The second kappa shape index (κ2) is 11.8. The lowest BCUT2D eigenvalue weighted by molar-refractivity contribution is 0.0601. The van der Waals surface area contributed by atoms with E-state index in [2.05, 4.69) is 53.2 Å². The van der Waals surface area contributed by atoms with Gasteiger partial charge >= 0.3 is 5.97 Å². The molecular weight excluding hydrogens is 386 g/mol. The number of fused-ring (bicyclic) bond motifs is 1. The maximum atomic E-state index is 12.1. The Morgan fingerprint density at radius 2 is 1.77 bits per heavy atom. The molecule has 1 unspecified atom stereocenters. The molecule has 1 atom stereocenters. The van der Waals surface area contributed by atoms with Gasteiger partial charge in [-0.3, -0.25) is 0 Å². The van der Waals surface area contributed by atoms with E-state index in [9.17, 15) is 4.79 Å². The van der Waals surface area contributed by atoms with Crippen molar-refractivity contribution in [3.05, 3.63) is 59.7 Å². The first-order valence-electron chi connectivity index (χ1n) is 11.7. The predicted molar refractivity (Wildman–Crippen MR) is 129 cm³/mol. The normalized spacial score (nSPS) is 15.1. The summed E-state index contributed by atoms with van der Waals surface area (Å²) in [4.78, 5) is 17.1. The number of ether oxygens (including phenoxy) is 1. The number of hydrogen-bond donors (Lipinski definition) is 1. The van der Waals surface area contributed by atoms with E-state index in [1.165, 1.54) is 58.0 Å². The number of carbonyl (C=O) groups excluding carboxylic acids is 1. The van der Waals surface area contributed by atoms with Crippen molar-refractivity contribution in [2.24, 2.45) is 0 Å². The van der Waals surface area contributed by atoms with Gasteiger partial charge in [0.15, 0.2) is 0 Å². The number of anilines is 2. The molecule has 0 radical (unpaired) electrons. The molecular formula is C26H37N3O2. The zero-order chi connectivity index (χ0) is 22.1. The molecule has 0 bridgehead atoms. The molecule has 5 nitrogen and oxygen atoms in total. The second-order valence-electron chi connectivity index (χ2n) is 8.33. The number of unbranched alkanes of at least 4 members (excludes halogenated alkanes) is 1. The molecule has 0 fully saturated rings. The van der Waals surface area contributed by atoms with Gasteiger partial charge < -0.3 is 19.9 Å². The van der Waals surface area contributed by atoms with Gasteiger partial charge in [0.2, 0.25) is 0 Å². The zero-order valence-corrected chi connectivity index (χ0v) is 19.3. The molecule has 3 rings (SSSR count). The average molecular weight is 424 g/mol. The summed E-state index contributed by atoms with van der Waals surface area (Å²) in [6, 6.07) is 16.3. The Morgan fingerprint density at radius 1 is 1.03 bits per heavy atom. The Hall–Kier alpha value is -2.53. The van der Waals surface area contributed by atoms with Crippen molar-refractivity contribution in [3.63, 3.8) is 0 Å². The quantitative estimate of drug-likeness (QED) is 0.359. The van der Waals surface area contributed by atoms with Crippen LogP contribution in [0.1, 0.15) is 61.9 Å². The number of methoxy groups -OCH3 is 1. The Morgan fingerprint density at radius 3 is 2.45 bits per heavy atom. The lowest BCUT2D eigenvalue weighted by atomic mass is 10.1. The van der Waals surface area contributed by atoms with Crippen LogP contribution >= 0.6 is 0 Å². The number of nitrogens with zero attached hydrogens (tertiary/aromatic N) is 2. The fourth-order valence-electron chi connectivity index (χ4n) is 4.41. The van der Waals surface area contributed by atoms with Crippen molar-refractivity contribution in [2.45, 2.75) is 58.7 Å². The predicted octanol–water partition coefficient (Wildman–Crippen LogP) is 5.52. The van der Waals surface area contributed by atoms with Gasteiger partial charge in [-0.1, -0.05) is 44.2 Å². The van der Waals surface area contributed by atoms with Gasteiger partial charge in [0.25, 0.3) is 0 Å². The molecule has 0 aliphatic carbocycles. The highest BCUT2D eigenvalue weighted by molar-refractivity contribution is 5.93. The van der Waals surface area contributed by atoms with Crippen molar-refractivity contribution in [3.8, 4) is 0 Å². The Bertz CT molecular complexity index is 819. The summed E-state index contributed by atoms with van der Waals surface area (Å²) in [6.07, 6.45) is 6.11. The van der Waals surface area contributed by atoms with Crippen molar-refractivity contribution in [1.29, 1.82) is 0 Å². The van der Waals surface area contributed by atoms with Gasteiger partial charge in [-0.25, -0.2) is 4.79 Å². The molecule has 1 heterocycles. The molecule has 0 saturated carbocycles. The Balaban J connectivity index is 1.68. The van der Waals surface area contributed by atoms with Crippen molar-refractivity contribution in [2.75, 3.05) is 37.0 Å². The molecule has 0 amide bonds. The summed E-state index contributed by atoms with van der Waals surface area (Å²) in [7, 11) is 1.43. The van der Waals surface area contributed by atoms with Crippen molar-refractivity contribution >= 4 is 17.3 Å². The molecule has 0 saturated heterocycles. The molecule has 5 heteroatoms. The zero-order valence-electron chi connectivity index (χ0n) is 19.3. The standard InChI is InChI=1S/C26H37N3O2/c1-4-16-28(17-5-2)18-10-9-13-25-27-23-15-14-22(26(30)31-3)19-24(23)29(25)20-21-11-7-6-8-12-21/h6-8,11-12,14-15,19,25,27H,4-5,9-10,13,16-18,20H2,1-3H3. The number of benzene rings is 2. The van der Waals surface area contributed by atoms with E-state index in [-0.39, 0.29) is 12.1 Å². The Kier molecular flexibility index (Phi) is 8.77. The molecule has 2 aromatic carbocycles. The monoisotopic (exact) mass is 423 g/mol. The summed E-state index contributed by atoms with van der Waals surface area (Å²) in [5.41, 5.74) is 4.03. The lowest BCUT2D eigenvalue weighted by Crippen LogP contribution is -2.35. The van der Waals surface area contributed by atoms with Gasteiger partial charge in [0, 0.05) is 6.54 Å². The van der Waals surface area contributed by atoms with Crippen LogP contribution in [-0.2, 0) is 11.3 Å². The highest BCUT2D eigenvalue weighted by Crippen LogP contribution is 2.38. The van der Waals surface area contributed by atoms with Crippen LogP contribution in [-0.4, -0.2) is 43.8 Å². The van der Waals surface area contributed by atoms with Crippen LogP contribution in [0.15, 0.2) is 48.5 Å². The fourth-order valence-corrected chi connectivity index (χ4v) is 4.41. The molecule has 0 aromatic heterocycles. The molecule has 31 heavy (non-hydrogen) atoms. The molecule has 1 N–H and O–H groups in total. The minimum Gasteiger partial charge on any atom is -0.465 e. The van der Waals surface area contributed by atoms with E-state index in [1.54, 1.807) is 0 Å². The minimum absolute atomic E-state index is 0.230. The van der Waals surface area contributed by atoms with E-state index in [0.717, 1.165) is 24.3 Å². The summed E-state index contributed by atoms with van der Waals surface area (Å²) in [5, 5.41) is 3.69. The van der Waals surface area contributed by atoms with Crippen LogP contribution in [0, 0.1) is 0 Å². The highest BCUT2D eigenvalue weighted by atomic mass is 16.5. The van der Waals surface area contributed by atoms with Gasteiger partial charge in [-0.2, -0.15) is 0 Å². The van der Waals surface area contributed by atoms with Crippen molar-refractivity contribution in [1.82, 2.24) is 4.90 Å². The van der Waals surface area contributed by atoms with Crippen molar-refractivity contribution < 1.29 is 9.53 Å². The third kappa shape index (κ3) is 6.23. The molecule has 2 aromatic rings. The van der Waals surface area contributed by atoms with Crippen LogP contribution in [0.3, 0.4) is 0 Å². The first-order valence-corrected chi connectivity index (χ1v) is 11.7. The van der Waals surface area contributed by atoms with Crippen LogP contribution in [0.2, 0.25) is 0 Å². The summed E-state index contributed by atoms with van der Waals surface area (Å²) >= 11 is 0. The fraction of sp³-hybridized carbons (Fsp3) is 0.500. The maximum absolute atomic E-state index is 12.1. The van der Waals surface area contributed by atoms with Crippen LogP contribution < -0.4 is 10.2 Å². The van der Waals surface area contributed by atoms with Gasteiger partial charge in [-0.15, -0.1) is 0 Å². The van der Waals surface area contributed by atoms with Gasteiger partial charge in [-0.05, 0) is 75.5 Å². The molecule has 168 valence electrons. The summed E-state index contributed by atoms with van der Waals surface area (Å²) in [5.74, 6) is -0.294. The first-order chi connectivity index (χ1) is 15.2. The first kappa shape index (κ1) is 23.1. The second-order valence-corrected chi connectivity index (χ2v) is 8.33. The smallest absolute Gasteiger partial charge is 0.337 e. The number of hydrogen-bond acceptors (Lipinski definition) is 5. The summed E-state index contributed by atoms with van der Waals surface area (Å²) in [6.45, 7) is 8.88. The number of nitrogens with one attached hydrogen (secondary N) is 1. The third-order valence-electron chi connectivity index (χ3n) is 5.90. The third-order valence-corrected chi connectivity index (χ3v) is 5.90. The largest absolute Gasteiger partial charge is 0.465 e. The van der Waals surface area contributed by atoms with Crippen LogP contribution in [0.5, 0.6) is 0 Å².